The predicted octanol–water partition coefficient (Wildman–Crippen LogP) is 0.983. The number of hydrogen-bond acceptors (Lipinski definition) is 3. The van der Waals surface area contributed by atoms with Gasteiger partial charge in [-0.05, 0) is 52.3 Å². The summed E-state index contributed by atoms with van der Waals surface area (Å²) >= 11 is 0. The fourth-order valence-electron chi connectivity index (χ4n) is 3.31. The lowest BCUT2D eigenvalue weighted by Gasteiger charge is -2.02. The van der Waals surface area contributed by atoms with Gasteiger partial charge in [0, 0.05) is 12.6 Å². The number of carbonyl (C=O) groups excluding carboxylic acids is 1. The lowest BCUT2D eigenvalue weighted by molar-refractivity contribution is 0.100. The number of rotatable bonds is 3. The molecule has 0 radical (unpaired) electrons. The second-order valence-electron chi connectivity index (χ2n) is 7.00. The molecular weight excluding hydrogens is 378 g/mol. The number of hydrogen-bond donors (Lipinski definition) is 2. The number of primary amides is 1. The van der Waals surface area contributed by atoms with E-state index >= 15 is 0 Å². The summed E-state index contributed by atoms with van der Waals surface area (Å²) in [5, 5.41) is 2.57. The summed E-state index contributed by atoms with van der Waals surface area (Å²) in [6, 6.07) is 20.3. The molecule has 0 saturated carbocycles. The fourth-order valence-corrected chi connectivity index (χ4v) is 3.31. The zero-order chi connectivity index (χ0) is 21.3. The summed E-state index contributed by atoms with van der Waals surface area (Å²) in [6.07, 6.45) is 3.26. The highest BCUT2D eigenvalue weighted by molar-refractivity contribution is 5.92. The van der Waals surface area contributed by atoms with Gasteiger partial charge in [0.05, 0.1) is 0 Å². The van der Waals surface area contributed by atoms with Crippen LogP contribution in [0, 0.1) is 0 Å². The summed E-state index contributed by atoms with van der Waals surface area (Å²) < 4.78 is 1.33. The van der Waals surface area contributed by atoms with E-state index in [1.54, 1.807) is 43.5 Å². The normalized spacial score (nSPS) is 12.4. The molecule has 6 heteroatoms. The molecule has 30 heavy (non-hydrogen) atoms. The highest BCUT2D eigenvalue weighted by Crippen LogP contribution is 2.15. The first-order valence-corrected chi connectivity index (χ1v) is 9.34. The summed E-state index contributed by atoms with van der Waals surface area (Å²) in [5.41, 5.74) is 6.40. The van der Waals surface area contributed by atoms with Crippen molar-refractivity contribution < 1.29 is 4.79 Å². The molecule has 1 heterocycles. The number of carbonyl (C=O) groups is 1. The molecule has 3 aromatic carbocycles. The van der Waals surface area contributed by atoms with Crippen molar-refractivity contribution in [2.45, 2.75) is 0 Å². The zero-order valence-corrected chi connectivity index (χ0v) is 16.3. The van der Waals surface area contributed by atoms with Crippen LogP contribution in [0.1, 0.15) is 21.5 Å². The molecule has 0 saturated heterocycles. The van der Waals surface area contributed by atoms with Crippen molar-refractivity contribution in [3.8, 4) is 0 Å². The summed E-state index contributed by atoms with van der Waals surface area (Å²) in [5.74, 6) is -0.528. The van der Waals surface area contributed by atoms with E-state index in [2.05, 4.69) is 4.98 Å². The number of aromatic nitrogens is 2. The summed E-state index contributed by atoms with van der Waals surface area (Å²) in [7, 11) is 1.57. The van der Waals surface area contributed by atoms with Crippen LogP contribution < -0.4 is 27.6 Å². The number of amides is 1. The molecule has 4 aromatic rings. The first-order chi connectivity index (χ1) is 14.4. The molecule has 0 aliphatic heterocycles. The molecule has 0 spiro atoms. The van der Waals surface area contributed by atoms with Crippen LogP contribution in [0.5, 0.6) is 0 Å². The van der Waals surface area contributed by atoms with E-state index in [0.29, 0.717) is 11.1 Å². The van der Waals surface area contributed by atoms with Crippen LogP contribution in [-0.2, 0) is 7.05 Å². The van der Waals surface area contributed by atoms with Crippen molar-refractivity contribution in [2.24, 2.45) is 12.8 Å². The molecule has 0 atom stereocenters. The molecule has 0 bridgehead atoms. The monoisotopic (exact) mass is 397 g/mol. The van der Waals surface area contributed by atoms with Gasteiger partial charge in [0.2, 0.25) is 5.91 Å². The van der Waals surface area contributed by atoms with Crippen molar-refractivity contribution in [2.75, 3.05) is 0 Å². The first kappa shape index (κ1) is 19.1. The zero-order valence-electron chi connectivity index (χ0n) is 16.3. The third kappa shape index (κ3) is 3.71. The standard InChI is InChI=1S/C24H19N3O3/c1-27-21(14-16-8-9-17-4-2-3-5-19(17)12-16)23(29)26-20(24(27)30)13-15-6-10-18(11-7-15)22(25)28/h2-14H,1H3,(H2,25,28)(H,26,29)/b20-13-,21-14-. The minimum atomic E-state index is -0.528. The van der Waals surface area contributed by atoms with Crippen molar-refractivity contribution >= 4 is 28.8 Å². The summed E-state index contributed by atoms with van der Waals surface area (Å²) in [6.45, 7) is 0. The smallest absolute Gasteiger partial charge is 0.274 e. The number of H-pyrrole nitrogens is 1. The topological polar surface area (TPSA) is 97.9 Å². The largest absolute Gasteiger partial charge is 0.366 e. The van der Waals surface area contributed by atoms with Crippen LogP contribution in [0.3, 0.4) is 0 Å². The molecule has 1 amide bonds. The van der Waals surface area contributed by atoms with Gasteiger partial charge in [-0.1, -0.05) is 48.5 Å². The maximum Gasteiger partial charge on any atom is 0.274 e. The van der Waals surface area contributed by atoms with Crippen molar-refractivity contribution in [1.29, 1.82) is 0 Å². The van der Waals surface area contributed by atoms with Crippen molar-refractivity contribution in [3.05, 3.63) is 115 Å². The lowest BCUT2D eigenvalue weighted by Crippen LogP contribution is -2.52. The Labute approximate surface area is 171 Å². The molecule has 0 fully saturated rings. The van der Waals surface area contributed by atoms with Crippen LogP contribution in [0.4, 0.5) is 0 Å². The number of nitrogens with one attached hydrogen (secondary N) is 1. The average molecular weight is 397 g/mol. The van der Waals surface area contributed by atoms with Gasteiger partial charge in [0.15, 0.2) is 0 Å². The predicted molar refractivity (Wildman–Crippen MR) is 118 cm³/mol. The van der Waals surface area contributed by atoms with Crippen LogP contribution in [0.2, 0.25) is 0 Å². The van der Waals surface area contributed by atoms with E-state index in [-0.39, 0.29) is 21.8 Å². The van der Waals surface area contributed by atoms with E-state index in [1.807, 2.05) is 42.5 Å². The third-order valence-electron chi connectivity index (χ3n) is 4.96. The van der Waals surface area contributed by atoms with Gasteiger partial charge in [-0.25, -0.2) is 0 Å². The number of nitrogens with two attached hydrogens (primary N) is 1. The van der Waals surface area contributed by atoms with Gasteiger partial charge < -0.3 is 15.3 Å². The Morgan fingerprint density at radius 1 is 0.900 bits per heavy atom. The quantitative estimate of drug-likeness (QED) is 0.539. The highest BCUT2D eigenvalue weighted by Gasteiger charge is 2.03. The van der Waals surface area contributed by atoms with Gasteiger partial charge >= 0.3 is 0 Å². The van der Waals surface area contributed by atoms with Crippen molar-refractivity contribution in [3.63, 3.8) is 0 Å². The Hall–Kier alpha value is -4.19. The third-order valence-corrected chi connectivity index (χ3v) is 4.96. The fraction of sp³-hybridized carbons (Fsp3) is 0.0417. The first-order valence-electron chi connectivity index (χ1n) is 9.34. The summed E-state index contributed by atoms with van der Waals surface area (Å²) in [4.78, 5) is 39.3. The minimum Gasteiger partial charge on any atom is -0.366 e. The molecular formula is C24H19N3O3. The molecule has 0 aliphatic rings. The number of benzene rings is 3. The van der Waals surface area contributed by atoms with Crippen molar-refractivity contribution in [1.82, 2.24) is 9.55 Å². The maximum atomic E-state index is 12.8. The van der Waals surface area contributed by atoms with Gasteiger partial charge in [0.1, 0.15) is 10.7 Å². The van der Waals surface area contributed by atoms with Crippen LogP contribution in [0.15, 0.2) is 76.3 Å². The van der Waals surface area contributed by atoms with E-state index in [0.717, 1.165) is 16.3 Å². The molecule has 0 unspecified atom stereocenters. The Kier molecular flexibility index (Phi) is 4.90. The minimum absolute atomic E-state index is 0.157. The van der Waals surface area contributed by atoms with Crippen LogP contribution in [-0.4, -0.2) is 15.5 Å². The van der Waals surface area contributed by atoms with Crippen LogP contribution >= 0.6 is 0 Å². The molecule has 4 rings (SSSR count). The second-order valence-corrected chi connectivity index (χ2v) is 7.00. The van der Waals surface area contributed by atoms with Gasteiger partial charge in [-0.2, -0.15) is 0 Å². The maximum absolute atomic E-state index is 12.8. The number of fused-ring (bicyclic) bond motifs is 1. The molecule has 148 valence electrons. The van der Waals surface area contributed by atoms with E-state index in [9.17, 15) is 14.4 Å². The highest BCUT2D eigenvalue weighted by atomic mass is 16.1. The van der Waals surface area contributed by atoms with E-state index in [4.69, 9.17) is 5.73 Å². The number of nitrogens with zero attached hydrogens (tertiary/aromatic N) is 1. The second kappa shape index (κ2) is 7.67. The van der Waals surface area contributed by atoms with E-state index in [1.165, 1.54) is 4.57 Å². The average Bonchev–Trinajstić information content (AvgIpc) is 2.75. The molecule has 3 N–H and O–H groups in total. The molecule has 1 aromatic heterocycles. The Balaban J connectivity index is 1.83. The SMILES string of the molecule is Cn1c(=O)/c(=C/c2ccc(C(N)=O)cc2)[nH]c(=O)/c1=C/c1ccc2ccccc2c1. The molecule has 6 nitrogen and oxygen atoms in total. The van der Waals surface area contributed by atoms with Crippen LogP contribution in [0.25, 0.3) is 22.9 Å². The Bertz CT molecular complexity index is 1510. The lowest BCUT2D eigenvalue weighted by atomic mass is 10.1. The Morgan fingerprint density at radius 2 is 1.57 bits per heavy atom. The van der Waals surface area contributed by atoms with E-state index < -0.39 is 5.91 Å². The Morgan fingerprint density at radius 3 is 2.27 bits per heavy atom. The van der Waals surface area contributed by atoms with Gasteiger partial charge in [-0.15, -0.1) is 0 Å². The van der Waals surface area contributed by atoms with Gasteiger partial charge in [0.25, 0.3) is 11.1 Å². The van der Waals surface area contributed by atoms with Gasteiger partial charge in [-0.3, -0.25) is 14.4 Å². The molecule has 0 aliphatic carbocycles. The number of aromatic amines is 1.